The fourth-order valence-electron chi connectivity index (χ4n) is 4.08. The molecule has 0 spiro atoms. The number of amides is 1. The Hall–Kier alpha value is -1.43. The number of likely N-dealkylation sites (N-methyl/N-ethyl adjacent to an activating group) is 1. The number of aliphatic hydroxyl groups excluding tert-OH is 1. The minimum Gasteiger partial charge on any atom is -0.395 e. The van der Waals surface area contributed by atoms with E-state index in [0.29, 0.717) is 12.5 Å². The van der Waals surface area contributed by atoms with E-state index in [4.69, 9.17) is 5.11 Å². The van der Waals surface area contributed by atoms with Crippen LogP contribution in [0.5, 0.6) is 0 Å². The molecule has 0 radical (unpaired) electrons. The second-order valence-electron chi connectivity index (χ2n) is 7.54. The predicted octanol–water partition coefficient (Wildman–Crippen LogP) is 1.21. The molecule has 2 aliphatic rings. The quantitative estimate of drug-likeness (QED) is 0.842. The van der Waals surface area contributed by atoms with Crippen LogP contribution in [0, 0.1) is 5.92 Å². The number of nitrogens with zero attached hydrogens (tertiary/aromatic N) is 3. The van der Waals surface area contributed by atoms with Crippen molar-refractivity contribution < 1.29 is 9.90 Å². The lowest BCUT2D eigenvalue weighted by Gasteiger charge is -2.34. The summed E-state index contributed by atoms with van der Waals surface area (Å²) >= 11 is 0. The average Bonchev–Trinajstić information content (AvgIpc) is 2.63. The van der Waals surface area contributed by atoms with Crippen LogP contribution in [0.2, 0.25) is 0 Å². The summed E-state index contributed by atoms with van der Waals surface area (Å²) in [6.45, 7) is 6.26. The van der Waals surface area contributed by atoms with E-state index in [1.165, 1.54) is 11.1 Å². The second-order valence-corrected chi connectivity index (χ2v) is 7.54. The fourth-order valence-corrected chi connectivity index (χ4v) is 4.08. The number of piperidine rings is 1. The van der Waals surface area contributed by atoms with E-state index in [2.05, 4.69) is 41.1 Å². The smallest absolute Gasteiger partial charge is 0.237 e. The van der Waals surface area contributed by atoms with Crippen molar-refractivity contribution in [1.29, 1.82) is 0 Å². The maximum Gasteiger partial charge on any atom is 0.237 e. The van der Waals surface area contributed by atoms with Crippen molar-refractivity contribution in [1.82, 2.24) is 14.7 Å². The number of aliphatic hydroxyl groups is 1. The summed E-state index contributed by atoms with van der Waals surface area (Å²) in [6.07, 6.45) is 3.29. The Morgan fingerprint density at radius 3 is 2.64 bits per heavy atom. The van der Waals surface area contributed by atoms with Gasteiger partial charge in [-0.1, -0.05) is 24.3 Å². The van der Waals surface area contributed by atoms with Crippen LogP contribution in [0.4, 0.5) is 0 Å². The summed E-state index contributed by atoms with van der Waals surface area (Å²) in [6, 6.07) is 8.45. The molecule has 0 unspecified atom stereocenters. The Kier molecular flexibility index (Phi) is 6.45. The van der Waals surface area contributed by atoms with Gasteiger partial charge in [0.05, 0.1) is 13.2 Å². The molecule has 0 bridgehead atoms. The monoisotopic (exact) mass is 345 g/mol. The highest BCUT2D eigenvalue weighted by molar-refractivity contribution is 5.78. The molecule has 3 rings (SSSR count). The van der Waals surface area contributed by atoms with Crippen LogP contribution in [0.1, 0.15) is 24.0 Å². The van der Waals surface area contributed by atoms with Gasteiger partial charge < -0.3 is 14.9 Å². The zero-order valence-electron chi connectivity index (χ0n) is 15.4. The fraction of sp³-hybridized carbons (Fsp3) is 0.650. The molecule has 0 atom stereocenters. The summed E-state index contributed by atoms with van der Waals surface area (Å²) in [7, 11) is 2.07. The number of hydrogen-bond acceptors (Lipinski definition) is 4. The van der Waals surface area contributed by atoms with E-state index in [9.17, 15) is 4.79 Å². The van der Waals surface area contributed by atoms with Gasteiger partial charge in [0.25, 0.3) is 0 Å². The first-order valence-corrected chi connectivity index (χ1v) is 9.52. The van der Waals surface area contributed by atoms with Gasteiger partial charge in [-0.15, -0.1) is 0 Å². The molecule has 1 N–H and O–H groups in total. The molecule has 0 saturated carbocycles. The van der Waals surface area contributed by atoms with Gasteiger partial charge >= 0.3 is 0 Å². The minimum atomic E-state index is 0.245. The molecule has 25 heavy (non-hydrogen) atoms. The number of likely N-dealkylation sites (tertiary alicyclic amines) is 1. The van der Waals surface area contributed by atoms with Crippen LogP contribution in [-0.4, -0.2) is 78.6 Å². The Morgan fingerprint density at radius 2 is 1.92 bits per heavy atom. The van der Waals surface area contributed by atoms with Gasteiger partial charge in [-0.2, -0.15) is 0 Å². The van der Waals surface area contributed by atoms with Crippen molar-refractivity contribution in [2.75, 3.05) is 52.9 Å². The lowest BCUT2D eigenvalue weighted by molar-refractivity contribution is -0.133. The summed E-state index contributed by atoms with van der Waals surface area (Å²) in [4.78, 5) is 19.2. The zero-order valence-corrected chi connectivity index (χ0v) is 15.4. The van der Waals surface area contributed by atoms with Gasteiger partial charge in [0.1, 0.15) is 0 Å². The number of β-amino-alcohol motifs (C(OH)–C–C–N with tert-alkyl or cyclic N) is 1. The van der Waals surface area contributed by atoms with Gasteiger partial charge in [0.15, 0.2) is 0 Å². The number of carbonyl (C=O) groups is 1. The normalized spacial score (nSPS) is 19.2. The lowest BCUT2D eigenvalue weighted by Crippen LogP contribution is -2.44. The Morgan fingerprint density at radius 1 is 1.20 bits per heavy atom. The van der Waals surface area contributed by atoms with Gasteiger partial charge in [0.2, 0.25) is 5.91 Å². The number of benzene rings is 1. The second kappa shape index (κ2) is 8.79. The van der Waals surface area contributed by atoms with E-state index < -0.39 is 0 Å². The summed E-state index contributed by atoms with van der Waals surface area (Å²) in [5.41, 5.74) is 2.68. The van der Waals surface area contributed by atoms with Crippen LogP contribution in [0.25, 0.3) is 0 Å². The molecule has 5 nitrogen and oxygen atoms in total. The highest BCUT2D eigenvalue weighted by Crippen LogP contribution is 2.20. The molecule has 1 saturated heterocycles. The standard InChI is InChI=1S/C20H31N3O2/c1-21(14-17-6-9-22(10-7-17)12-13-24)16-20(25)23-11-8-18-4-2-3-5-19(18)15-23/h2-5,17,24H,6-16H2,1H3. The molecule has 2 heterocycles. The third kappa shape index (κ3) is 5.03. The number of rotatable bonds is 6. The van der Waals surface area contributed by atoms with Crippen LogP contribution in [-0.2, 0) is 17.8 Å². The molecule has 2 aliphatic heterocycles. The molecule has 138 valence electrons. The Bertz CT molecular complexity index is 570. The molecule has 1 aromatic rings. The van der Waals surface area contributed by atoms with E-state index in [-0.39, 0.29) is 12.5 Å². The van der Waals surface area contributed by atoms with Crippen LogP contribution < -0.4 is 0 Å². The molecular weight excluding hydrogens is 314 g/mol. The van der Waals surface area contributed by atoms with Gasteiger partial charge in [-0.3, -0.25) is 9.69 Å². The molecule has 1 amide bonds. The third-order valence-corrected chi connectivity index (χ3v) is 5.58. The largest absolute Gasteiger partial charge is 0.395 e. The lowest BCUT2D eigenvalue weighted by atomic mass is 9.96. The zero-order chi connectivity index (χ0) is 17.6. The number of carbonyl (C=O) groups excluding carboxylic acids is 1. The van der Waals surface area contributed by atoms with Crippen LogP contribution >= 0.6 is 0 Å². The van der Waals surface area contributed by atoms with Gasteiger partial charge in [0, 0.05) is 26.2 Å². The first kappa shape index (κ1) is 18.4. The van der Waals surface area contributed by atoms with E-state index in [0.717, 1.165) is 58.5 Å². The molecule has 1 aromatic carbocycles. The molecule has 5 heteroatoms. The predicted molar refractivity (Wildman–Crippen MR) is 99.3 cm³/mol. The maximum atomic E-state index is 12.6. The van der Waals surface area contributed by atoms with Crippen LogP contribution in [0.15, 0.2) is 24.3 Å². The van der Waals surface area contributed by atoms with E-state index in [1.54, 1.807) is 0 Å². The summed E-state index contributed by atoms with van der Waals surface area (Å²) in [5.74, 6) is 0.907. The Balaban J connectivity index is 1.42. The van der Waals surface area contributed by atoms with Crippen molar-refractivity contribution in [3.63, 3.8) is 0 Å². The van der Waals surface area contributed by atoms with E-state index in [1.807, 2.05) is 4.90 Å². The summed E-state index contributed by atoms with van der Waals surface area (Å²) < 4.78 is 0. The van der Waals surface area contributed by atoms with Gasteiger partial charge in [-0.25, -0.2) is 0 Å². The topological polar surface area (TPSA) is 47.0 Å². The highest BCUT2D eigenvalue weighted by Gasteiger charge is 2.24. The first-order chi connectivity index (χ1) is 12.2. The number of fused-ring (bicyclic) bond motifs is 1. The minimum absolute atomic E-state index is 0.245. The SMILES string of the molecule is CN(CC(=O)N1CCc2ccccc2C1)CC1CCN(CCO)CC1. The molecule has 0 aromatic heterocycles. The first-order valence-electron chi connectivity index (χ1n) is 9.52. The molecule has 0 aliphatic carbocycles. The highest BCUT2D eigenvalue weighted by atomic mass is 16.3. The van der Waals surface area contributed by atoms with Crippen molar-refractivity contribution in [2.24, 2.45) is 5.92 Å². The Labute approximate surface area is 151 Å². The van der Waals surface area contributed by atoms with Crippen molar-refractivity contribution in [3.05, 3.63) is 35.4 Å². The van der Waals surface area contributed by atoms with E-state index >= 15 is 0 Å². The average molecular weight is 345 g/mol. The van der Waals surface area contributed by atoms with Crippen LogP contribution in [0.3, 0.4) is 0 Å². The molecular formula is C20H31N3O2. The van der Waals surface area contributed by atoms with Crippen molar-refractivity contribution >= 4 is 5.91 Å². The van der Waals surface area contributed by atoms with Gasteiger partial charge in [-0.05, 0) is 56.4 Å². The maximum absolute atomic E-state index is 12.6. The number of hydrogen-bond donors (Lipinski definition) is 1. The summed E-state index contributed by atoms with van der Waals surface area (Å²) in [5, 5.41) is 9.02. The van der Waals surface area contributed by atoms with Crippen molar-refractivity contribution in [3.8, 4) is 0 Å². The third-order valence-electron chi connectivity index (χ3n) is 5.58. The molecule has 1 fully saturated rings. The van der Waals surface area contributed by atoms with Crippen molar-refractivity contribution in [2.45, 2.75) is 25.8 Å².